The quantitative estimate of drug-likeness (QED) is 0.109. The number of benzene rings is 2. The molecule has 7 nitrogen and oxygen atoms in total. The van der Waals surface area contributed by atoms with Crippen LogP contribution in [0.5, 0.6) is 11.5 Å². The number of aliphatic imine (C=N–C) groups is 1. The highest BCUT2D eigenvalue weighted by atomic mass is 16.5. The highest BCUT2D eigenvalue weighted by Gasteiger charge is 2.27. The van der Waals surface area contributed by atoms with Crippen LogP contribution in [0.2, 0.25) is 0 Å². The van der Waals surface area contributed by atoms with Gasteiger partial charge in [0.1, 0.15) is 5.84 Å². The standard InChI is InChI=1S/C22H39N3O2.C7H8.H2N2/c1-6-9-11-17-25(16-8-3)20(22(23)24-15-10-7-2)18-13-12-14-19(26-4)21(18)27-5;1-7-5-3-2-4-6-7;1-2/h12-14,20H,6-11,15-17H2,1-5H3,(H2,23,24);2-6H,1H3;1-2H. The number of unbranched alkanes of at least 4 members (excludes halogenated alkanes) is 3. The van der Waals surface area contributed by atoms with Gasteiger partial charge in [0.25, 0.3) is 0 Å². The van der Waals surface area contributed by atoms with E-state index in [0.717, 1.165) is 62.4 Å². The maximum atomic E-state index is 6.55. The minimum atomic E-state index is -0.0938. The number of ether oxygens (including phenoxy) is 2. The summed E-state index contributed by atoms with van der Waals surface area (Å²) in [5.74, 6) is 2.14. The first kappa shape index (κ1) is 33.1. The normalized spacial score (nSPS) is 11.6. The zero-order valence-corrected chi connectivity index (χ0v) is 23.3. The van der Waals surface area contributed by atoms with Crippen LogP contribution < -0.4 is 15.2 Å². The molecule has 0 fully saturated rings. The van der Waals surface area contributed by atoms with E-state index in [1.54, 1.807) is 14.2 Å². The Labute approximate surface area is 219 Å². The van der Waals surface area contributed by atoms with E-state index in [2.05, 4.69) is 50.8 Å². The Hall–Kier alpha value is -2.93. The van der Waals surface area contributed by atoms with Crippen LogP contribution in [0.4, 0.5) is 0 Å². The molecule has 0 aliphatic rings. The van der Waals surface area contributed by atoms with Gasteiger partial charge in [-0.2, -0.15) is 0 Å². The molecule has 4 N–H and O–H groups in total. The third-order valence-electron chi connectivity index (χ3n) is 5.68. The van der Waals surface area contributed by atoms with Gasteiger partial charge in [0.05, 0.1) is 20.3 Å². The van der Waals surface area contributed by atoms with Crippen LogP contribution in [0, 0.1) is 18.0 Å². The molecule has 0 saturated carbocycles. The summed E-state index contributed by atoms with van der Waals surface area (Å²) in [6, 6.07) is 16.2. The van der Waals surface area contributed by atoms with Gasteiger partial charge in [-0.25, -0.2) is 11.1 Å². The maximum absolute atomic E-state index is 6.55. The molecule has 0 bridgehead atoms. The smallest absolute Gasteiger partial charge is 0.165 e. The average molecular weight is 500 g/mol. The molecule has 1 atom stereocenters. The van der Waals surface area contributed by atoms with E-state index >= 15 is 0 Å². The molecule has 2 aromatic carbocycles. The lowest BCUT2D eigenvalue weighted by atomic mass is 10.0. The van der Waals surface area contributed by atoms with Gasteiger partial charge in [0, 0.05) is 12.1 Å². The summed E-state index contributed by atoms with van der Waals surface area (Å²) in [5.41, 5.74) is 18.9. The fourth-order valence-electron chi connectivity index (χ4n) is 3.88. The molecule has 0 aliphatic heterocycles. The van der Waals surface area contributed by atoms with Gasteiger partial charge in [0.2, 0.25) is 0 Å². The summed E-state index contributed by atoms with van der Waals surface area (Å²) in [4.78, 5) is 7.15. The number of hydrogen-bond acceptors (Lipinski definition) is 6. The minimum Gasteiger partial charge on any atom is -0.493 e. The Morgan fingerprint density at radius 1 is 0.861 bits per heavy atom. The summed E-state index contributed by atoms with van der Waals surface area (Å²) >= 11 is 0. The predicted octanol–water partition coefficient (Wildman–Crippen LogP) is 7.40. The molecule has 2 rings (SSSR count). The second-order valence-corrected chi connectivity index (χ2v) is 8.54. The van der Waals surface area contributed by atoms with Crippen LogP contribution in [0.15, 0.2) is 53.5 Å². The molecule has 0 aliphatic carbocycles. The zero-order chi connectivity index (χ0) is 27.2. The first-order valence-electron chi connectivity index (χ1n) is 13.0. The van der Waals surface area contributed by atoms with Crippen LogP contribution in [0.3, 0.4) is 0 Å². The Kier molecular flexibility index (Phi) is 19.6. The number of hydrogen-bond donors (Lipinski definition) is 3. The molecule has 1 unspecified atom stereocenters. The lowest BCUT2D eigenvalue weighted by Gasteiger charge is -2.32. The Balaban J connectivity index is 0.00000114. The summed E-state index contributed by atoms with van der Waals surface area (Å²) in [7, 11) is 3.35. The van der Waals surface area contributed by atoms with Gasteiger partial charge in [-0.1, -0.05) is 88.1 Å². The van der Waals surface area contributed by atoms with Crippen molar-refractivity contribution in [1.29, 1.82) is 11.1 Å². The summed E-state index contributed by atoms with van der Waals surface area (Å²) < 4.78 is 11.2. The van der Waals surface area contributed by atoms with Gasteiger partial charge in [-0.3, -0.25) is 9.89 Å². The topological polar surface area (TPSA) is 108 Å². The van der Waals surface area contributed by atoms with E-state index in [9.17, 15) is 0 Å². The number of nitrogens with zero attached hydrogens (tertiary/aromatic N) is 2. The molecule has 36 heavy (non-hydrogen) atoms. The van der Waals surface area contributed by atoms with E-state index < -0.39 is 0 Å². The molecule has 0 amide bonds. The fourth-order valence-corrected chi connectivity index (χ4v) is 3.88. The number of methoxy groups -OCH3 is 2. The molecule has 7 heteroatoms. The highest BCUT2D eigenvalue weighted by molar-refractivity contribution is 5.88. The Morgan fingerprint density at radius 3 is 2.03 bits per heavy atom. The minimum absolute atomic E-state index is 0.0938. The lowest BCUT2D eigenvalue weighted by molar-refractivity contribution is 0.232. The number of amidine groups is 1. The first-order chi connectivity index (χ1) is 17.5. The van der Waals surface area contributed by atoms with Crippen molar-refractivity contribution in [2.45, 2.75) is 72.3 Å². The molecule has 0 spiro atoms. The van der Waals surface area contributed by atoms with Gasteiger partial charge >= 0.3 is 0 Å². The van der Waals surface area contributed by atoms with Crippen molar-refractivity contribution >= 4 is 5.84 Å². The van der Waals surface area contributed by atoms with E-state index in [-0.39, 0.29) is 6.04 Å². The van der Waals surface area contributed by atoms with Crippen molar-refractivity contribution in [2.75, 3.05) is 33.9 Å². The van der Waals surface area contributed by atoms with Crippen molar-refractivity contribution < 1.29 is 9.47 Å². The van der Waals surface area contributed by atoms with Crippen molar-refractivity contribution in [3.63, 3.8) is 0 Å². The molecule has 2 aromatic rings. The summed E-state index contributed by atoms with van der Waals surface area (Å²) in [6.07, 6.45) is 6.80. The number of para-hydroxylation sites is 1. The number of rotatable bonds is 14. The lowest BCUT2D eigenvalue weighted by Crippen LogP contribution is -2.39. The second-order valence-electron chi connectivity index (χ2n) is 8.54. The summed E-state index contributed by atoms with van der Waals surface area (Å²) in [5, 5.41) is 0. The Morgan fingerprint density at radius 2 is 1.53 bits per heavy atom. The number of nitrogens with one attached hydrogen (secondary N) is 2. The van der Waals surface area contributed by atoms with Crippen molar-refractivity contribution in [2.24, 2.45) is 10.7 Å². The van der Waals surface area contributed by atoms with Gasteiger partial charge in [0.15, 0.2) is 11.5 Å². The van der Waals surface area contributed by atoms with Crippen molar-refractivity contribution in [3.05, 3.63) is 59.7 Å². The Bertz CT molecular complexity index is 830. The molecule has 0 saturated heterocycles. The first-order valence-corrected chi connectivity index (χ1v) is 13.0. The molecule has 0 radical (unpaired) electrons. The van der Waals surface area contributed by atoms with Crippen LogP contribution in [-0.2, 0) is 0 Å². The average Bonchev–Trinajstić information content (AvgIpc) is 2.91. The van der Waals surface area contributed by atoms with Crippen LogP contribution in [0.1, 0.15) is 76.5 Å². The number of aryl methyl sites for hydroxylation is 1. The molecule has 202 valence electrons. The predicted molar refractivity (Wildman–Crippen MR) is 152 cm³/mol. The van der Waals surface area contributed by atoms with Crippen LogP contribution in [0.25, 0.3) is 0 Å². The third-order valence-corrected chi connectivity index (χ3v) is 5.68. The SMILES string of the molecule is CCCCCN(CCC)C(C(N)=NCCCC)c1cccc(OC)c1OC.Cc1ccccc1.N=N. The van der Waals surface area contributed by atoms with Gasteiger partial charge < -0.3 is 15.2 Å². The van der Waals surface area contributed by atoms with E-state index in [4.69, 9.17) is 31.3 Å². The van der Waals surface area contributed by atoms with E-state index in [1.165, 1.54) is 18.4 Å². The zero-order valence-electron chi connectivity index (χ0n) is 23.3. The largest absolute Gasteiger partial charge is 0.493 e. The third kappa shape index (κ3) is 12.2. The van der Waals surface area contributed by atoms with Gasteiger partial charge in [-0.05, 0) is 45.3 Å². The molecular weight excluding hydrogens is 450 g/mol. The monoisotopic (exact) mass is 499 g/mol. The molecule has 0 aromatic heterocycles. The highest BCUT2D eigenvalue weighted by Crippen LogP contribution is 2.37. The van der Waals surface area contributed by atoms with Crippen LogP contribution in [-0.4, -0.2) is 44.6 Å². The van der Waals surface area contributed by atoms with Crippen molar-refractivity contribution in [1.82, 2.24) is 4.90 Å². The van der Waals surface area contributed by atoms with Crippen molar-refractivity contribution in [3.8, 4) is 11.5 Å². The maximum Gasteiger partial charge on any atom is 0.165 e. The fraction of sp³-hybridized carbons (Fsp3) is 0.552. The van der Waals surface area contributed by atoms with Crippen LogP contribution >= 0.6 is 0 Å². The van der Waals surface area contributed by atoms with Gasteiger partial charge in [-0.15, -0.1) is 0 Å². The second kappa shape index (κ2) is 21.4. The van der Waals surface area contributed by atoms with E-state index in [0.29, 0.717) is 5.84 Å². The number of nitrogens with two attached hydrogens (primary N) is 1. The molecule has 0 heterocycles. The molecular formula is C29H49N5O2. The summed E-state index contributed by atoms with van der Waals surface area (Å²) in [6.45, 7) is 11.4. The van der Waals surface area contributed by atoms with E-state index in [1.807, 2.05) is 30.3 Å².